The average molecular weight is 416 g/mol. The van der Waals surface area contributed by atoms with Crippen molar-refractivity contribution in [2.24, 2.45) is 0 Å². The molecule has 1 aromatic heterocycles. The van der Waals surface area contributed by atoms with E-state index in [2.05, 4.69) is 94.4 Å². The van der Waals surface area contributed by atoms with E-state index in [1.165, 1.54) is 31.3 Å². The molecule has 0 bridgehead atoms. The summed E-state index contributed by atoms with van der Waals surface area (Å²) in [6.45, 7) is 12.3. The van der Waals surface area contributed by atoms with Crippen LogP contribution in [0.2, 0.25) is 0 Å². The molecule has 5 rings (SSSR count). The van der Waals surface area contributed by atoms with Crippen molar-refractivity contribution in [2.45, 2.75) is 52.7 Å². The highest BCUT2D eigenvalue weighted by atomic mass is 32.1. The van der Waals surface area contributed by atoms with Crippen LogP contribution in [0.4, 0.5) is 0 Å². The zero-order chi connectivity index (χ0) is 21.5. The normalized spacial score (nSPS) is 17.2. The van der Waals surface area contributed by atoms with Gasteiger partial charge in [-0.05, 0) is 62.5 Å². The standard InChI is InChI=1S/C24H23BO2S.C2H6/c1-23(2)24(3,4)27-25(26-23)18-12-9-16(10-13-18)17-11-14-22-20(15-17)19-7-5-6-8-21(19)28-22;1-2/h5-15H,1-4H3;1-2H3. The van der Waals surface area contributed by atoms with Gasteiger partial charge >= 0.3 is 7.12 Å². The van der Waals surface area contributed by atoms with Crippen LogP contribution in [-0.4, -0.2) is 18.3 Å². The summed E-state index contributed by atoms with van der Waals surface area (Å²) in [5.41, 5.74) is 2.86. The van der Waals surface area contributed by atoms with E-state index in [1.807, 2.05) is 25.2 Å². The van der Waals surface area contributed by atoms with Crippen molar-refractivity contribution in [1.82, 2.24) is 0 Å². The molecule has 2 heterocycles. The molecule has 0 atom stereocenters. The average Bonchev–Trinajstić information content (AvgIpc) is 3.22. The van der Waals surface area contributed by atoms with Crippen molar-refractivity contribution in [3.63, 3.8) is 0 Å². The van der Waals surface area contributed by atoms with Gasteiger partial charge in [-0.2, -0.15) is 0 Å². The van der Waals surface area contributed by atoms with Gasteiger partial charge in [0.25, 0.3) is 0 Å². The first-order valence-corrected chi connectivity index (χ1v) is 11.5. The van der Waals surface area contributed by atoms with Gasteiger partial charge in [0.2, 0.25) is 0 Å². The van der Waals surface area contributed by atoms with Crippen molar-refractivity contribution in [3.8, 4) is 11.1 Å². The molecule has 1 fully saturated rings. The SMILES string of the molecule is CC.CC1(C)OB(c2ccc(-c3ccc4sc5ccccc5c4c3)cc2)OC1(C)C. The lowest BCUT2D eigenvalue weighted by atomic mass is 9.78. The van der Waals surface area contributed by atoms with E-state index in [4.69, 9.17) is 9.31 Å². The van der Waals surface area contributed by atoms with Crippen LogP contribution in [0.25, 0.3) is 31.3 Å². The molecule has 0 spiro atoms. The van der Waals surface area contributed by atoms with Gasteiger partial charge in [-0.1, -0.05) is 62.4 Å². The molecule has 0 N–H and O–H groups in total. The quantitative estimate of drug-likeness (QED) is 0.326. The second-order valence-electron chi connectivity index (χ2n) is 8.52. The van der Waals surface area contributed by atoms with Crippen LogP contribution in [0, 0.1) is 0 Å². The van der Waals surface area contributed by atoms with E-state index in [1.54, 1.807) is 0 Å². The molecule has 0 unspecified atom stereocenters. The second kappa shape index (κ2) is 7.84. The third kappa shape index (κ3) is 3.58. The fourth-order valence-corrected chi connectivity index (χ4v) is 4.80. The molecule has 0 radical (unpaired) electrons. The molecular formula is C26H29BO2S. The highest BCUT2D eigenvalue weighted by Gasteiger charge is 2.51. The Bertz CT molecular complexity index is 1160. The van der Waals surface area contributed by atoms with E-state index in [9.17, 15) is 0 Å². The van der Waals surface area contributed by atoms with Gasteiger partial charge in [0.1, 0.15) is 0 Å². The molecule has 0 aliphatic carbocycles. The zero-order valence-corrected chi connectivity index (χ0v) is 19.5. The lowest BCUT2D eigenvalue weighted by Crippen LogP contribution is -2.41. The summed E-state index contributed by atoms with van der Waals surface area (Å²) < 4.78 is 15.0. The van der Waals surface area contributed by atoms with Gasteiger partial charge in [-0.3, -0.25) is 0 Å². The summed E-state index contributed by atoms with van der Waals surface area (Å²) in [7, 11) is -0.317. The number of hydrogen-bond donors (Lipinski definition) is 0. The third-order valence-electron chi connectivity index (χ3n) is 6.15. The Morgan fingerprint density at radius 1 is 0.667 bits per heavy atom. The molecule has 2 nitrogen and oxygen atoms in total. The van der Waals surface area contributed by atoms with Crippen molar-refractivity contribution in [3.05, 3.63) is 66.7 Å². The van der Waals surface area contributed by atoms with Gasteiger partial charge in [0.05, 0.1) is 11.2 Å². The smallest absolute Gasteiger partial charge is 0.399 e. The van der Waals surface area contributed by atoms with E-state index < -0.39 is 0 Å². The maximum absolute atomic E-state index is 6.17. The largest absolute Gasteiger partial charge is 0.494 e. The molecule has 0 saturated carbocycles. The minimum atomic E-state index is -0.318. The molecule has 1 saturated heterocycles. The van der Waals surface area contributed by atoms with Gasteiger partial charge < -0.3 is 9.31 Å². The third-order valence-corrected chi connectivity index (χ3v) is 7.30. The van der Waals surface area contributed by atoms with E-state index in [0.717, 1.165) is 5.46 Å². The van der Waals surface area contributed by atoms with Gasteiger partial charge in [0, 0.05) is 20.2 Å². The Morgan fingerprint density at radius 3 is 1.90 bits per heavy atom. The summed E-state index contributed by atoms with van der Waals surface area (Å²) in [6.07, 6.45) is 0. The molecule has 1 aliphatic rings. The number of fused-ring (bicyclic) bond motifs is 3. The predicted octanol–water partition coefficient (Wildman–Crippen LogP) is 7.05. The molecule has 0 amide bonds. The number of rotatable bonds is 2. The molecule has 154 valence electrons. The molecule has 3 aromatic carbocycles. The molecule has 4 aromatic rings. The first-order valence-electron chi connectivity index (χ1n) is 10.7. The topological polar surface area (TPSA) is 18.5 Å². The summed E-state index contributed by atoms with van der Waals surface area (Å²) in [5, 5.41) is 2.66. The first-order chi connectivity index (χ1) is 14.3. The summed E-state index contributed by atoms with van der Waals surface area (Å²) >= 11 is 1.85. The number of hydrogen-bond acceptors (Lipinski definition) is 3. The molecule has 30 heavy (non-hydrogen) atoms. The predicted molar refractivity (Wildman–Crippen MR) is 132 cm³/mol. The van der Waals surface area contributed by atoms with Crippen LogP contribution >= 0.6 is 11.3 Å². The molecule has 4 heteroatoms. The van der Waals surface area contributed by atoms with Gasteiger partial charge in [-0.25, -0.2) is 0 Å². The van der Waals surface area contributed by atoms with Crippen molar-refractivity contribution in [1.29, 1.82) is 0 Å². The minimum absolute atomic E-state index is 0.317. The lowest BCUT2D eigenvalue weighted by molar-refractivity contribution is 0.00578. The zero-order valence-electron chi connectivity index (χ0n) is 18.7. The van der Waals surface area contributed by atoms with Crippen LogP contribution in [0.3, 0.4) is 0 Å². The van der Waals surface area contributed by atoms with Crippen molar-refractivity contribution >= 4 is 44.1 Å². The van der Waals surface area contributed by atoms with Crippen LogP contribution in [0.5, 0.6) is 0 Å². The Labute approximate surface area is 184 Å². The monoisotopic (exact) mass is 416 g/mol. The van der Waals surface area contributed by atoms with Crippen molar-refractivity contribution < 1.29 is 9.31 Å². The van der Waals surface area contributed by atoms with E-state index in [0.29, 0.717) is 0 Å². The maximum Gasteiger partial charge on any atom is 0.494 e. The van der Waals surface area contributed by atoms with Crippen LogP contribution in [0.15, 0.2) is 66.7 Å². The Hall–Kier alpha value is -2.14. The second-order valence-corrected chi connectivity index (χ2v) is 9.60. The van der Waals surface area contributed by atoms with E-state index in [-0.39, 0.29) is 18.3 Å². The number of thiophene rings is 1. The Morgan fingerprint density at radius 2 is 1.23 bits per heavy atom. The van der Waals surface area contributed by atoms with Gasteiger partial charge in [0.15, 0.2) is 0 Å². The highest BCUT2D eigenvalue weighted by molar-refractivity contribution is 7.25. The maximum atomic E-state index is 6.17. The van der Waals surface area contributed by atoms with E-state index >= 15 is 0 Å². The summed E-state index contributed by atoms with van der Waals surface area (Å²) in [6, 6.07) is 23.9. The van der Waals surface area contributed by atoms with Crippen LogP contribution < -0.4 is 5.46 Å². The van der Waals surface area contributed by atoms with Crippen LogP contribution in [-0.2, 0) is 9.31 Å². The number of benzene rings is 3. The lowest BCUT2D eigenvalue weighted by Gasteiger charge is -2.32. The molecular weight excluding hydrogens is 387 g/mol. The van der Waals surface area contributed by atoms with Crippen LogP contribution in [0.1, 0.15) is 41.5 Å². The Kier molecular flexibility index (Phi) is 5.52. The molecule has 1 aliphatic heterocycles. The summed E-state index contributed by atoms with van der Waals surface area (Å²) in [4.78, 5) is 0. The van der Waals surface area contributed by atoms with Gasteiger partial charge in [-0.15, -0.1) is 11.3 Å². The highest BCUT2D eigenvalue weighted by Crippen LogP contribution is 2.37. The fraction of sp³-hybridized carbons (Fsp3) is 0.308. The first kappa shape index (κ1) is 21.1. The minimum Gasteiger partial charge on any atom is -0.399 e. The fourth-order valence-electron chi connectivity index (χ4n) is 3.72. The summed E-state index contributed by atoms with van der Waals surface area (Å²) in [5.74, 6) is 0. The Balaban J connectivity index is 0.00000106. The van der Waals surface area contributed by atoms with Crippen molar-refractivity contribution in [2.75, 3.05) is 0 Å².